The summed E-state index contributed by atoms with van der Waals surface area (Å²) in [4.78, 5) is 2.11. The Labute approximate surface area is 116 Å². The first-order valence-corrected chi connectivity index (χ1v) is 6.39. The molecule has 2 atom stereocenters. The van der Waals surface area contributed by atoms with Gasteiger partial charge < -0.3 is 10.2 Å². The first kappa shape index (κ1) is 14.7. The Hall–Kier alpha value is -1.74. The van der Waals surface area contributed by atoms with Crippen molar-refractivity contribution in [1.82, 2.24) is 4.90 Å². The van der Waals surface area contributed by atoms with E-state index in [0.29, 0.717) is 12.6 Å². The third kappa shape index (κ3) is 3.05. The second-order valence-corrected chi connectivity index (χ2v) is 5.24. The first-order chi connectivity index (χ1) is 9.31. The van der Waals surface area contributed by atoms with Crippen molar-refractivity contribution in [1.29, 1.82) is 5.26 Å². The highest BCUT2D eigenvalue weighted by Crippen LogP contribution is 2.36. The van der Waals surface area contributed by atoms with Gasteiger partial charge in [-0.05, 0) is 38.6 Å². The molecule has 0 aliphatic carbocycles. The number of nitriles is 1. The Bertz CT molecular complexity index is 523. The molecule has 0 amide bonds. The van der Waals surface area contributed by atoms with E-state index in [1.165, 1.54) is 12.1 Å². The van der Waals surface area contributed by atoms with Crippen molar-refractivity contribution in [3.63, 3.8) is 0 Å². The van der Waals surface area contributed by atoms with Crippen molar-refractivity contribution >= 4 is 5.69 Å². The van der Waals surface area contributed by atoms with Crippen LogP contribution >= 0.6 is 0 Å². The van der Waals surface area contributed by atoms with Gasteiger partial charge >= 0.3 is 6.18 Å². The minimum Gasteiger partial charge on any atom is -0.380 e. The molecule has 1 aromatic rings. The molecule has 0 radical (unpaired) electrons. The van der Waals surface area contributed by atoms with Crippen molar-refractivity contribution in [2.45, 2.75) is 31.6 Å². The third-order valence-corrected chi connectivity index (χ3v) is 3.70. The molecule has 1 aromatic carbocycles. The molecule has 2 rings (SSSR count). The Morgan fingerprint density at radius 3 is 2.60 bits per heavy atom. The lowest BCUT2D eigenvalue weighted by Gasteiger charge is -2.19. The predicted molar refractivity (Wildman–Crippen MR) is 70.3 cm³/mol. The number of anilines is 1. The van der Waals surface area contributed by atoms with Crippen LogP contribution in [0.15, 0.2) is 18.2 Å². The molecule has 1 fully saturated rings. The topological polar surface area (TPSA) is 39.1 Å². The summed E-state index contributed by atoms with van der Waals surface area (Å²) >= 11 is 0. The van der Waals surface area contributed by atoms with Gasteiger partial charge in [0.2, 0.25) is 0 Å². The number of alkyl halides is 3. The second kappa shape index (κ2) is 5.33. The molecule has 1 saturated heterocycles. The van der Waals surface area contributed by atoms with Crippen LogP contribution in [0.2, 0.25) is 0 Å². The molecule has 6 heteroatoms. The molecule has 0 spiro atoms. The highest BCUT2D eigenvalue weighted by Gasteiger charge is 2.35. The smallest absolute Gasteiger partial charge is 0.380 e. The zero-order valence-electron chi connectivity index (χ0n) is 11.3. The van der Waals surface area contributed by atoms with Gasteiger partial charge in [0.1, 0.15) is 0 Å². The van der Waals surface area contributed by atoms with Crippen molar-refractivity contribution in [3.8, 4) is 6.07 Å². The largest absolute Gasteiger partial charge is 0.418 e. The second-order valence-electron chi connectivity index (χ2n) is 5.24. The normalized spacial score (nSPS) is 23.6. The molecular formula is C14H16F3N3. The van der Waals surface area contributed by atoms with Crippen LogP contribution < -0.4 is 5.32 Å². The minimum absolute atomic E-state index is 0.0102. The number of likely N-dealkylation sites (tertiary alicyclic amines) is 1. The summed E-state index contributed by atoms with van der Waals surface area (Å²) in [5, 5.41) is 11.7. The van der Waals surface area contributed by atoms with Crippen molar-refractivity contribution < 1.29 is 13.2 Å². The Morgan fingerprint density at radius 2 is 2.10 bits per heavy atom. The van der Waals surface area contributed by atoms with Crippen LogP contribution in [0, 0.1) is 11.3 Å². The standard InChI is InChI=1S/C14H16F3N3/c1-9-5-11(8-20(9)2)19-13-4-3-10(7-18)6-12(13)14(15,16)17/h3-4,6,9,11,19H,5,8H2,1-2H3. The van der Waals surface area contributed by atoms with E-state index < -0.39 is 11.7 Å². The quantitative estimate of drug-likeness (QED) is 0.906. The highest BCUT2D eigenvalue weighted by molar-refractivity contribution is 5.56. The Kier molecular flexibility index (Phi) is 3.91. The molecular weight excluding hydrogens is 267 g/mol. The number of hydrogen-bond donors (Lipinski definition) is 1. The van der Waals surface area contributed by atoms with E-state index in [1.807, 2.05) is 14.0 Å². The fourth-order valence-electron chi connectivity index (χ4n) is 2.49. The molecule has 0 bridgehead atoms. The van der Waals surface area contributed by atoms with Crippen LogP contribution in [0.25, 0.3) is 0 Å². The summed E-state index contributed by atoms with van der Waals surface area (Å²) in [5.41, 5.74) is -0.720. The van der Waals surface area contributed by atoms with Gasteiger partial charge in [-0.2, -0.15) is 18.4 Å². The molecule has 1 N–H and O–H groups in total. The fraction of sp³-hybridized carbons (Fsp3) is 0.500. The first-order valence-electron chi connectivity index (χ1n) is 6.39. The Morgan fingerprint density at radius 1 is 1.40 bits per heavy atom. The predicted octanol–water partition coefficient (Wildman–Crippen LogP) is 3.08. The van der Waals surface area contributed by atoms with Crippen LogP contribution in [0.5, 0.6) is 0 Å². The van der Waals surface area contributed by atoms with Gasteiger partial charge in [-0.25, -0.2) is 0 Å². The molecule has 1 heterocycles. The molecule has 0 aromatic heterocycles. The van der Waals surface area contributed by atoms with E-state index in [9.17, 15) is 13.2 Å². The monoisotopic (exact) mass is 283 g/mol. The zero-order valence-corrected chi connectivity index (χ0v) is 11.3. The van der Waals surface area contributed by atoms with Crippen molar-refractivity contribution in [2.24, 2.45) is 0 Å². The van der Waals surface area contributed by atoms with Gasteiger partial charge in [0.05, 0.1) is 17.2 Å². The lowest BCUT2D eigenvalue weighted by Crippen LogP contribution is -2.25. The summed E-state index contributed by atoms with van der Waals surface area (Å²) in [6, 6.07) is 5.71. The molecule has 20 heavy (non-hydrogen) atoms. The molecule has 2 unspecified atom stereocenters. The summed E-state index contributed by atoms with van der Waals surface area (Å²) in [5.74, 6) is 0. The van der Waals surface area contributed by atoms with Crippen LogP contribution in [0.1, 0.15) is 24.5 Å². The average molecular weight is 283 g/mol. The van der Waals surface area contributed by atoms with Crippen LogP contribution in [-0.4, -0.2) is 30.6 Å². The van der Waals surface area contributed by atoms with Crippen LogP contribution in [-0.2, 0) is 6.18 Å². The highest BCUT2D eigenvalue weighted by atomic mass is 19.4. The summed E-state index contributed by atoms with van der Waals surface area (Å²) in [7, 11) is 1.95. The number of nitrogens with one attached hydrogen (secondary N) is 1. The van der Waals surface area contributed by atoms with Crippen LogP contribution in [0.3, 0.4) is 0 Å². The maximum atomic E-state index is 13.0. The molecule has 1 aliphatic heterocycles. The van der Waals surface area contributed by atoms with Gasteiger partial charge in [-0.15, -0.1) is 0 Å². The van der Waals surface area contributed by atoms with E-state index in [0.717, 1.165) is 12.5 Å². The fourth-order valence-corrected chi connectivity index (χ4v) is 2.49. The summed E-state index contributed by atoms with van der Waals surface area (Å²) in [6.07, 6.45) is -3.67. The number of nitrogens with zero attached hydrogens (tertiary/aromatic N) is 2. The van der Waals surface area contributed by atoms with Gasteiger partial charge in [0.25, 0.3) is 0 Å². The van der Waals surface area contributed by atoms with Gasteiger partial charge in [0, 0.05) is 24.3 Å². The maximum Gasteiger partial charge on any atom is 0.418 e. The molecule has 1 aliphatic rings. The summed E-state index contributed by atoms with van der Waals surface area (Å²) in [6.45, 7) is 2.75. The number of hydrogen-bond acceptors (Lipinski definition) is 3. The maximum absolute atomic E-state index is 13.0. The van der Waals surface area contributed by atoms with E-state index in [2.05, 4.69) is 10.2 Å². The average Bonchev–Trinajstić information content (AvgIpc) is 2.67. The lowest BCUT2D eigenvalue weighted by atomic mass is 10.1. The van der Waals surface area contributed by atoms with Gasteiger partial charge in [-0.1, -0.05) is 0 Å². The minimum atomic E-state index is -4.47. The molecule has 3 nitrogen and oxygen atoms in total. The van der Waals surface area contributed by atoms with E-state index >= 15 is 0 Å². The van der Waals surface area contributed by atoms with Gasteiger partial charge in [-0.3, -0.25) is 0 Å². The summed E-state index contributed by atoms with van der Waals surface area (Å²) < 4.78 is 39.1. The van der Waals surface area contributed by atoms with Crippen molar-refractivity contribution in [2.75, 3.05) is 18.9 Å². The van der Waals surface area contributed by atoms with Gasteiger partial charge in [0.15, 0.2) is 0 Å². The van der Waals surface area contributed by atoms with Crippen molar-refractivity contribution in [3.05, 3.63) is 29.3 Å². The van der Waals surface area contributed by atoms with E-state index in [-0.39, 0.29) is 17.3 Å². The SMILES string of the molecule is CC1CC(Nc2ccc(C#N)cc2C(F)(F)F)CN1C. The van der Waals surface area contributed by atoms with E-state index in [1.54, 1.807) is 6.07 Å². The van der Waals surface area contributed by atoms with E-state index in [4.69, 9.17) is 5.26 Å². The van der Waals surface area contributed by atoms with Crippen LogP contribution in [0.4, 0.5) is 18.9 Å². The third-order valence-electron chi connectivity index (χ3n) is 3.70. The molecule has 108 valence electrons. The number of likely N-dealkylation sites (N-methyl/N-ethyl adjacent to an activating group) is 1. The zero-order chi connectivity index (χ0) is 14.9. The number of benzene rings is 1. The lowest BCUT2D eigenvalue weighted by molar-refractivity contribution is -0.137. The number of rotatable bonds is 2. The molecule has 0 saturated carbocycles. The Balaban J connectivity index is 2.26. The number of halogens is 3.